The molecule has 1 aromatic carbocycles. The predicted octanol–water partition coefficient (Wildman–Crippen LogP) is 0.464. The van der Waals surface area contributed by atoms with Gasteiger partial charge >= 0.3 is 7.12 Å². The van der Waals surface area contributed by atoms with Crippen LogP contribution in [0.1, 0.15) is 18.9 Å². The minimum Gasteiger partial charge on any atom is -0.493 e. The van der Waals surface area contributed by atoms with Gasteiger partial charge in [-0.05, 0) is 30.4 Å². The lowest BCUT2D eigenvalue weighted by atomic mass is 9.79. The average molecular weight is 194 g/mol. The van der Waals surface area contributed by atoms with E-state index in [2.05, 4.69) is 0 Å². The Morgan fingerprint density at radius 3 is 2.57 bits per heavy atom. The maximum atomic E-state index is 8.93. The van der Waals surface area contributed by atoms with Crippen LogP contribution < -0.4 is 10.2 Å². The standard InChI is InChI=1S/C10H15BO3/c1-3-6-14-10-5-4-9(11(12)13)7-8(10)2/h4-5,7,12-13H,3,6H2,1-2H3. The second-order valence-electron chi connectivity index (χ2n) is 3.25. The van der Waals surface area contributed by atoms with Crippen LogP contribution in [0.4, 0.5) is 0 Å². The van der Waals surface area contributed by atoms with Crippen molar-refractivity contribution in [1.29, 1.82) is 0 Å². The fraction of sp³-hybridized carbons (Fsp3) is 0.400. The zero-order chi connectivity index (χ0) is 10.6. The third kappa shape index (κ3) is 2.75. The predicted molar refractivity (Wildman–Crippen MR) is 56.8 cm³/mol. The largest absolute Gasteiger partial charge is 0.493 e. The number of benzene rings is 1. The summed E-state index contributed by atoms with van der Waals surface area (Å²) >= 11 is 0. The first kappa shape index (κ1) is 11.1. The Balaban J connectivity index is 2.79. The second-order valence-corrected chi connectivity index (χ2v) is 3.25. The molecule has 0 aliphatic carbocycles. The van der Waals surface area contributed by atoms with E-state index in [-0.39, 0.29) is 0 Å². The van der Waals surface area contributed by atoms with E-state index in [9.17, 15) is 0 Å². The quantitative estimate of drug-likeness (QED) is 0.684. The van der Waals surface area contributed by atoms with Crippen molar-refractivity contribution in [3.8, 4) is 5.75 Å². The Labute approximate surface area is 84.5 Å². The molecule has 76 valence electrons. The Kier molecular flexibility index (Phi) is 3.98. The lowest BCUT2D eigenvalue weighted by Crippen LogP contribution is -2.29. The Bertz CT molecular complexity index is 299. The molecular weight excluding hydrogens is 179 g/mol. The Morgan fingerprint density at radius 2 is 2.07 bits per heavy atom. The lowest BCUT2D eigenvalue weighted by Gasteiger charge is -2.09. The van der Waals surface area contributed by atoms with Crippen molar-refractivity contribution in [2.24, 2.45) is 0 Å². The third-order valence-electron chi connectivity index (χ3n) is 1.96. The lowest BCUT2D eigenvalue weighted by molar-refractivity contribution is 0.315. The summed E-state index contributed by atoms with van der Waals surface area (Å²) in [5.41, 5.74) is 1.41. The minimum atomic E-state index is -1.41. The van der Waals surface area contributed by atoms with Crippen LogP contribution in [0.25, 0.3) is 0 Å². The molecule has 14 heavy (non-hydrogen) atoms. The Hall–Kier alpha value is -0.995. The van der Waals surface area contributed by atoms with Gasteiger partial charge in [0.2, 0.25) is 0 Å². The van der Waals surface area contributed by atoms with Crippen molar-refractivity contribution < 1.29 is 14.8 Å². The van der Waals surface area contributed by atoms with Crippen molar-refractivity contribution in [3.05, 3.63) is 23.8 Å². The normalized spacial score (nSPS) is 10.0. The van der Waals surface area contributed by atoms with Crippen LogP contribution >= 0.6 is 0 Å². The van der Waals surface area contributed by atoms with E-state index in [0.717, 1.165) is 17.7 Å². The van der Waals surface area contributed by atoms with Gasteiger partial charge in [0.1, 0.15) is 5.75 Å². The van der Waals surface area contributed by atoms with Crippen molar-refractivity contribution in [1.82, 2.24) is 0 Å². The molecule has 4 heteroatoms. The van der Waals surface area contributed by atoms with E-state index in [0.29, 0.717) is 12.1 Å². The van der Waals surface area contributed by atoms with E-state index < -0.39 is 7.12 Å². The molecule has 0 aliphatic rings. The van der Waals surface area contributed by atoms with Gasteiger partial charge < -0.3 is 14.8 Å². The fourth-order valence-corrected chi connectivity index (χ4v) is 1.21. The van der Waals surface area contributed by atoms with Crippen LogP contribution in [0.3, 0.4) is 0 Å². The molecule has 0 atom stereocenters. The maximum absolute atomic E-state index is 8.93. The average Bonchev–Trinajstić information content (AvgIpc) is 2.15. The van der Waals surface area contributed by atoms with Gasteiger partial charge in [-0.1, -0.05) is 19.1 Å². The van der Waals surface area contributed by atoms with Gasteiger partial charge in [-0.2, -0.15) is 0 Å². The molecular formula is C10H15BO3. The number of aryl methyl sites for hydroxylation is 1. The van der Waals surface area contributed by atoms with Gasteiger partial charge in [0.05, 0.1) is 6.61 Å². The highest BCUT2D eigenvalue weighted by atomic mass is 16.5. The summed E-state index contributed by atoms with van der Waals surface area (Å²) in [7, 11) is -1.41. The summed E-state index contributed by atoms with van der Waals surface area (Å²) in [5, 5.41) is 17.9. The van der Waals surface area contributed by atoms with E-state index in [1.807, 2.05) is 13.8 Å². The van der Waals surface area contributed by atoms with Crippen LogP contribution in [-0.4, -0.2) is 23.8 Å². The second kappa shape index (κ2) is 5.03. The molecule has 0 fully saturated rings. The fourth-order valence-electron chi connectivity index (χ4n) is 1.21. The highest BCUT2D eigenvalue weighted by molar-refractivity contribution is 6.58. The van der Waals surface area contributed by atoms with E-state index >= 15 is 0 Å². The highest BCUT2D eigenvalue weighted by Gasteiger charge is 2.11. The van der Waals surface area contributed by atoms with Gasteiger partial charge in [0.15, 0.2) is 0 Å². The maximum Gasteiger partial charge on any atom is 0.488 e. The number of hydrogen-bond donors (Lipinski definition) is 2. The van der Waals surface area contributed by atoms with Gasteiger partial charge in [0, 0.05) is 0 Å². The number of rotatable bonds is 4. The molecule has 0 bridgehead atoms. The molecule has 0 saturated carbocycles. The molecule has 0 aliphatic heterocycles. The Morgan fingerprint density at radius 1 is 1.36 bits per heavy atom. The smallest absolute Gasteiger partial charge is 0.488 e. The van der Waals surface area contributed by atoms with Crippen molar-refractivity contribution >= 4 is 12.6 Å². The third-order valence-corrected chi connectivity index (χ3v) is 1.96. The van der Waals surface area contributed by atoms with Gasteiger partial charge in [0.25, 0.3) is 0 Å². The zero-order valence-corrected chi connectivity index (χ0v) is 8.53. The molecule has 1 aromatic rings. The molecule has 0 amide bonds. The minimum absolute atomic E-state index is 0.492. The molecule has 0 aromatic heterocycles. The molecule has 3 nitrogen and oxygen atoms in total. The summed E-state index contributed by atoms with van der Waals surface area (Å²) in [5.74, 6) is 0.802. The molecule has 0 unspecified atom stereocenters. The summed E-state index contributed by atoms with van der Waals surface area (Å²) in [4.78, 5) is 0. The first-order valence-corrected chi connectivity index (χ1v) is 4.74. The van der Waals surface area contributed by atoms with Gasteiger partial charge in [-0.25, -0.2) is 0 Å². The highest BCUT2D eigenvalue weighted by Crippen LogP contribution is 2.15. The topological polar surface area (TPSA) is 49.7 Å². The van der Waals surface area contributed by atoms with E-state index in [1.165, 1.54) is 0 Å². The van der Waals surface area contributed by atoms with Crippen LogP contribution in [0, 0.1) is 6.92 Å². The summed E-state index contributed by atoms with van der Waals surface area (Å²) in [6, 6.07) is 5.14. The first-order valence-electron chi connectivity index (χ1n) is 4.74. The van der Waals surface area contributed by atoms with Crippen molar-refractivity contribution in [2.45, 2.75) is 20.3 Å². The summed E-state index contributed by atoms with van der Waals surface area (Å²) in [6.45, 7) is 4.61. The monoisotopic (exact) mass is 194 g/mol. The van der Waals surface area contributed by atoms with Crippen molar-refractivity contribution in [3.63, 3.8) is 0 Å². The molecule has 2 N–H and O–H groups in total. The van der Waals surface area contributed by atoms with Crippen LogP contribution in [-0.2, 0) is 0 Å². The molecule has 0 radical (unpaired) electrons. The van der Waals surface area contributed by atoms with Crippen LogP contribution in [0.15, 0.2) is 18.2 Å². The number of hydrogen-bond acceptors (Lipinski definition) is 3. The van der Waals surface area contributed by atoms with Gasteiger partial charge in [-0.15, -0.1) is 0 Å². The molecule has 0 heterocycles. The van der Waals surface area contributed by atoms with Crippen LogP contribution in [0.2, 0.25) is 0 Å². The molecule has 1 rings (SSSR count). The SMILES string of the molecule is CCCOc1ccc(B(O)O)cc1C. The molecule has 0 spiro atoms. The van der Waals surface area contributed by atoms with Crippen molar-refractivity contribution in [2.75, 3.05) is 6.61 Å². The zero-order valence-electron chi connectivity index (χ0n) is 8.53. The summed E-state index contributed by atoms with van der Waals surface area (Å²) < 4.78 is 5.46. The number of ether oxygens (including phenoxy) is 1. The van der Waals surface area contributed by atoms with E-state index in [4.69, 9.17) is 14.8 Å². The molecule has 0 saturated heterocycles. The first-order chi connectivity index (χ1) is 6.65. The summed E-state index contributed by atoms with van der Waals surface area (Å²) in [6.07, 6.45) is 0.962. The van der Waals surface area contributed by atoms with Gasteiger partial charge in [-0.3, -0.25) is 0 Å². The van der Waals surface area contributed by atoms with E-state index in [1.54, 1.807) is 18.2 Å². The van der Waals surface area contributed by atoms with Crippen LogP contribution in [0.5, 0.6) is 5.75 Å².